The highest BCUT2D eigenvalue weighted by atomic mass is 16.5. The van der Waals surface area contributed by atoms with Crippen LogP contribution in [-0.4, -0.2) is 59.2 Å². The second-order valence-corrected chi connectivity index (χ2v) is 5.18. The molecule has 0 amide bonds. The smallest absolute Gasteiger partial charge is 0.364 e. The summed E-state index contributed by atoms with van der Waals surface area (Å²) in [6.45, 7) is 3.40. The lowest BCUT2D eigenvalue weighted by Crippen LogP contribution is -2.39. The minimum Gasteiger partial charge on any atom is -0.383 e. The summed E-state index contributed by atoms with van der Waals surface area (Å²) >= 11 is 0. The van der Waals surface area contributed by atoms with Gasteiger partial charge in [0.05, 0.1) is 6.61 Å². The lowest BCUT2D eigenvalue weighted by Gasteiger charge is -2.25. The van der Waals surface area contributed by atoms with Crippen molar-refractivity contribution in [3.8, 4) is 0 Å². The molecule has 0 aromatic carbocycles. The van der Waals surface area contributed by atoms with Crippen LogP contribution < -0.4 is 15.9 Å². The lowest BCUT2D eigenvalue weighted by molar-refractivity contribution is 0.199. The van der Waals surface area contributed by atoms with E-state index in [1.807, 2.05) is 12.1 Å². The zero-order chi connectivity index (χ0) is 14.7. The molecule has 8 heteroatoms. The predicted octanol–water partition coefficient (Wildman–Crippen LogP) is -0.378. The van der Waals surface area contributed by atoms with E-state index in [-0.39, 0.29) is 5.69 Å². The molecule has 1 fully saturated rings. The summed E-state index contributed by atoms with van der Waals surface area (Å²) in [5.74, 6) is 0.821. The predicted molar refractivity (Wildman–Crippen MR) is 78.7 cm³/mol. The van der Waals surface area contributed by atoms with E-state index in [1.54, 1.807) is 7.11 Å². The number of methoxy groups -OCH3 is 1. The van der Waals surface area contributed by atoms with Crippen molar-refractivity contribution in [3.63, 3.8) is 0 Å². The van der Waals surface area contributed by atoms with Gasteiger partial charge in [0.1, 0.15) is 5.82 Å². The van der Waals surface area contributed by atoms with Crippen molar-refractivity contribution in [3.05, 3.63) is 22.6 Å². The van der Waals surface area contributed by atoms with Gasteiger partial charge in [0, 0.05) is 32.8 Å². The Bertz CT molecular complexity index is 651. The summed E-state index contributed by atoms with van der Waals surface area (Å²) in [6, 6.07) is 4.13. The van der Waals surface area contributed by atoms with Crippen LogP contribution >= 0.6 is 0 Å². The summed E-state index contributed by atoms with van der Waals surface area (Å²) in [5.41, 5.74) is 0.235. The first kappa shape index (κ1) is 14.0. The third kappa shape index (κ3) is 2.91. The molecule has 0 spiro atoms. The van der Waals surface area contributed by atoms with Gasteiger partial charge in [-0.25, -0.2) is 9.89 Å². The molecule has 1 aliphatic heterocycles. The standard InChI is InChI=1S/C13H20N6O2/c1-21-8-6-14-9-10-3-2-7-18(10)12-5-4-11-15-16-13(20)19(11)17-12/h4-5,10,14H,2-3,6-9H2,1H3,(H,16,20). The van der Waals surface area contributed by atoms with Crippen LogP contribution in [0.4, 0.5) is 5.82 Å². The Hall–Kier alpha value is -1.93. The third-order valence-corrected chi connectivity index (χ3v) is 3.79. The lowest BCUT2D eigenvalue weighted by atomic mass is 10.2. The average Bonchev–Trinajstić information content (AvgIpc) is 3.11. The zero-order valence-corrected chi connectivity index (χ0v) is 12.1. The summed E-state index contributed by atoms with van der Waals surface area (Å²) in [7, 11) is 1.70. The summed E-state index contributed by atoms with van der Waals surface area (Å²) in [5, 5.41) is 14.1. The molecule has 0 radical (unpaired) electrons. The van der Waals surface area contributed by atoms with Gasteiger partial charge in [0.25, 0.3) is 0 Å². The molecule has 0 aliphatic carbocycles. The highest BCUT2D eigenvalue weighted by Crippen LogP contribution is 2.23. The first-order valence-electron chi connectivity index (χ1n) is 7.20. The van der Waals surface area contributed by atoms with Gasteiger partial charge < -0.3 is 15.0 Å². The van der Waals surface area contributed by atoms with Crippen molar-refractivity contribution in [2.45, 2.75) is 18.9 Å². The van der Waals surface area contributed by atoms with Gasteiger partial charge in [-0.15, -0.1) is 5.10 Å². The molecule has 1 saturated heterocycles. The number of rotatable bonds is 6. The molecule has 1 unspecified atom stereocenters. The van der Waals surface area contributed by atoms with Crippen LogP contribution in [0.3, 0.4) is 0 Å². The molecule has 8 nitrogen and oxygen atoms in total. The maximum atomic E-state index is 11.6. The zero-order valence-electron chi connectivity index (χ0n) is 12.1. The molecule has 114 valence electrons. The van der Waals surface area contributed by atoms with E-state index in [4.69, 9.17) is 4.74 Å². The highest BCUT2D eigenvalue weighted by molar-refractivity contribution is 5.46. The Morgan fingerprint density at radius 1 is 1.52 bits per heavy atom. The number of nitrogens with one attached hydrogen (secondary N) is 2. The summed E-state index contributed by atoms with van der Waals surface area (Å²) in [6.07, 6.45) is 2.26. The van der Waals surface area contributed by atoms with Crippen LogP contribution in [0.5, 0.6) is 0 Å². The number of H-pyrrole nitrogens is 1. The normalized spacial score (nSPS) is 18.7. The molecule has 2 N–H and O–H groups in total. The number of fused-ring (bicyclic) bond motifs is 1. The third-order valence-electron chi connectivity index (χ3n) is 3.79. The van der Waals surface area contributed by atoms with Crippen LogP contribution in [0.2, 0.25) is 0 Å². The van der Waals surface area contributed by atoms with Crippen molar-refractivity contribution < 1.29 is 4.74 Å². The van der Waals surface area contributed by atoms with Crippen LogP contribution in [-0.2, 0) is 4.74 Å². The molecule has 0 saturated carbocycles. The topological polar surface area (TPSA) is 87.5 Å². The molecule has 1 aliphatic rings. The Kier molecular flexibility index (Phi) is 4.16. The first-order chi connectivity index (χ1) is 10.3. The highest BCUT2D eigenvalue weighted by Gasteiger charge is 2.25. The Morgan fingerprint density at radius 2 is 2.43 bits per heavy atom. The van der Waals surface area contributed by atoms with Gasteiger partial charge in [-0.2, -0.15) is 9.61 Å². The van der Waals surface area contributed by atoms with Gasteiger partial charge in [-0.05, 0) is 25.0 Å². The number of anilines is 1. The second kappa shape index (κ2) is 6.23. The molecule has 1 atom stereocenters. The number of nitrogens with zero attached hydrogens (tertiary/aromatic N) is 4. The fourth-order valence-electron chi connectivity index (χ4n) is 2.74. The van der Waals surface area contributed by atoms with E-state index in [9.17, 15) is 4.79 Å². The van der Waals surface area contributed by atoms with E-state index in [0.29, 0.717) is 18.3 Å². The number of hydrogen-bond donors (Lipinski definition) is 2. The fourth-order valence-corrected chi connectivity index (χ4v) is 2.74. The van der Waals surface area contributed by atoms with Crippen molar-refractivity contribution >= 4 is 11.5 Å². The van der Waals surface area contributed by atoms with E-state index in [1.165, 1.54) is 4.52 Å². The number of aromatic nitrogens is 4. The second-order valence-electron chi connectivity index (χ2n) is 5.18. The van der Waals surface area contributed by atoms with Crippen molar-refractivity contribution in [2.24, 2.45) is 0 Å². The van der Waals surface area contributed by atoms with Crippen LogP contribution in [0.15, 0.2) is 16.9 Å². The Morgan fingerprint density at radius 3 is 3.29 bits per heavy atom. The van der Waals surface area contributed by atoms with E-state index in [2.05, 4.69) is 25.5 Å². The van der Waals surface area contributed by atoms with Crippen molar-refractivity contribution in [2.75, 3.05) is 38.3 Å². The molecular formula is C13H20N6O2. The summed E-state index contributed by atoms with van der Waals surface area (Å²) < 4.78 is 6.34. The minimum atomic E-state index is -0.305. The van der Waals surface area contributed by atoms with E-state index >= 15 is 0 Å². The number of hydrogen-bond acceptors (Lipinski definition) is 6. The van der Waals surface area contributed by atoms with Crippen molar-refractivity contribution in [1.29, 1.82) is 0 Å². The fraction of sp³-hybridized carbons (Fsp3) is 0.615. The molecule has 0 bridgehead atoms. The van der Waals surface area contributed by atoms with Crippen molar-refractivity contribution in [1.82, 2.24) is 25.1 Å². The molecule has 2 aromatic heterocycles. The quantitative estimate of drug-likeness (QED) is 0.706. The molecule has 3 rings (SSSR count). The Labute approximate surface area is 122 Å². The van der Waals surface area contributed by atoms with E-state index in [0.717, 1.165) is 38.3 Å². The van der Waals surface area contributed by atoms with E-state index < -0.39 is 0 Å². The van der Waals surface area contributed by atoms with Gasteiger partial charge in [0.2, 0.25) is 0 Å². The maximum Gasteiger partial charge on any atom is 0.364 e. The largest absolute Gasteiger partial charge is 0.383 e. The first-order valence-corrected chi connectivity index (χ1v) is 7.20. The van der Waals surface area contributed by atoms with Gasteiger partial charge >= 0.3 is 5.69 Å². The average molecular weight is 292 g/mol. The molecule has 3 heterocycles. The van der Waals surface area contributed by atoms with Crippen LogP contribution in [0.1, 0.15) is 12.8 Å². The molecule has 21 heavy (non-hydrogen) atoms. The Balaban J connectivity index is 1.73. The van der Waals surface area contributed by atoms with Gasteiger partial charge in [-0.3, -0.25) is 0 Å². The van der Waals surface area contributed by atoms with Crippen LogP contribution in [0, 0.1) is 0 Å². The number of aromatic amines is 1. The maximum absolute atomic E-state index is 11.6. The monoisotopic (exact) mass is 292 g/mol. The van der Waals surface area contributed by atoms with Crippen LogP contribution in [0.25, 0.3) is 5.65 Å². The van der Waals surface area contributed by atoms with Gasteiger partial charge in [0.15, 0.2) is 5.65 Å². The molecule has 2 aromatic rings. The number of ether oxygens (including phenoxy) is 1. The minimum absolute atomic E-state index is 0.305. The molecular weight excluding hydrogens is 272 g/mol. The van der Waals surface area contributed by atoms with Gasteiger partial charge in [-0.1, -0.05) is 0 Å². The SMILES string of the molecule is COCCNCC1CCCN1c1ccc2n[nH]c(=O)n2n1. The summed E-state index contributed by atoms with van der Waals surface area (Å²) in [4.78, 5) is 13.9.